The van der Waals surface area contributed by atoms with Crippen molar-refractivity contribution >= 4 is 0 Å². The summed E-state index contributed by atoms with van der Waals surface area (Å²) in [6.07, 6.45) is 3.36. The van der Waals surface area contributed by atoms with Gasteiger partial charge < -0.3 is 10.5 Å². The molecule has 1 aliphatic rings. The van der Waals surface area contributed by atoms with E-state index in [0.717, 1.165) is 31.6 Å². The highest BCUT2D eigenvalue weighted by Gasteiger charge is 2.16. The van der Waals surface area contributed by atoms with Crippen LogP contribution < -0.4 is 10.5 Å². The Kier molecular flexibility index (Phi) is 3.49. The maximum absolute atomic E-state index is 6.24. The lowest BCUT2D eigenvalue weighted by atomic mass is 9.91. The lowest BCUT2D eigenvalue weighted by molar-refractivity contribution is 0.288. The fraction of sp³-hybridized carbons (Fsp3) is 0.571. The Hall–Kier alpha value is -1.02. The van der Waals surface area contributed by atoms with Gasteiger partial charge >= 0.3 is 0 Å². The molecule has 2 nitrogen and oxygen atoms in total. The summed E-state index contributed by atoms with van der Waals surface area (Å²) < 4.78 is 5.60. The van der Waals surface area contributed by atoms with Gasteiger partial charge in [0, 0.05) is 6.04 Å². The van der Waals surface area contributed by atoms with Crippen LogP contribution >= 0.6 is 0 Å². The summed E-state index contributed by atoms with van der Waals surface area (Å²) in [5.41, 5.74) is 8.81. The molecule has 1 heterocycles. The van der Waals surface area contributed by atoms with Crippen LogP contribution in [0, 0.1) is 5.92 Å². The number of hydrogen-bond donors (Lipinski definition) is 1. The third-order valence-electron chi connectivity index (χ3n) is 3.57. The molecule has 0 saturated carbocycles. The van der Waals surface area contributed by atoms with Crippen molar-refractivity contribution in [1.29, 1.82) is 0 Å². The second kappa shape index (κ2) is 4.88. The third-order valence-corrected chi connectivity index (χ3v) is 3.57. The summed E-state index contributed by atoms with van der Waals surface area (Å²) in [4.78, 5) is 0. The molecular weight excluding hydrogens is 198 g/mol. The Morgan fingerprint density at radius 3 is 3.00 bits per heavy atom. The first kappa shape index (κ1) is 11.5. The zero-order valence-electron chi connectivity index (χ0n) is 10.2. The maximum atomic E-state index is 6.24. The quantitative estimate of drug-likeness (QED) is 0.848. The van der Waals surface area contributed by atoms with Crippen molar-refractivity contribution in [3.63, 3.8) is 0 Å². The molecule has 0 aromatic heterocycles. The van der Waals surface area contributed by atoms with Crippen LogP contribution in [-0.4, -0.2) is 6.61 Å². The second-order valence-electron chi connectivity index (χ2n) is 4.73. The SMILES string of the molecule is CCC(C)C(N)c1ccc2c(c1)CCCO2. The number of hydrogen-bond acceptors (Lipinski definition) is 2. The highest BCUT2D eigenvalue weighted by Crippen LogP contribution is 2.29. The molecule has 88 valence electrons. The molecule has 0 fully saturated rings. The first-order chi connectivity index (χ1) is 7.72. The van der Waals surface area contributed by atoms with Crippen molar-refractivity contribution < 1.29 is 4.74 Å². The molecule has 1 aliphatic heterocycles. The monoisotopic (exact) mass is 219 g/mol. The van der Waals surface area contributed by atoms with Gasteiger partial charge in [0.1, 0.15) is 5.75 Å². The predicted octanol–water partition coefficient (Wildman–Crippen LogP) is 3.06. The van der Waals surface area contributed by atoms with E-state index in [4.69, 9.17) is 10.5 Å². The normalized spacial score (nSPS) is 18.4. The van der Waals surface area contributed by atoms with Crippen LogP contribution in [0.4, 0.5) is 0 Å². The van der Waals surface area contributed by atoms with Gasteiger partial charge in [-0.15, -0.1) is 0 Å². The summed E-state index contributed by atoms with van der Waals surface area (Å²) in [5.74, 6) is 1.58. The zero-order chi connectivity index (χ0) is 11.5. The highest BCUT2D eigenvalue weighted by atomic mass is 16.5. The van der Waals surface area contributed by atoms with E-state index >= 15 is 0 Å². The third kappa shape index (κ3) is 2.22. The molecule has 2 heteroatoms. The van der Waals surface area contributed by atoms with Crippen molar-refractivity contribution in [1.82, 2.24) is 0 Å². The number of aryl methyl sites for hydroxylation is 1. The van der Waals surface area contributed by atoms with Gasteiger partial charge in [0.05, 0.1) is 6.61 Å². The first-order valence-electron chi connectivity index (χ1n) is 6.23. The summed E-state index contributed by atoms with van der Waals surface area (Å²) in [6, 6.07) is 6.57. The van der Waals surface area contributed by atoms with Gasteiger partial charge in [-0.05, 0) is 36.0 Å². The van der Waals surface area contributed by atoms with Crippen molar-refractivity contribution in [2.45, 2.75) is 39.2 Å². The van der Waals surface area contributed by atoms with Crippen molar-refractivity contribution in [3.8, 4) is 5.75 Å². The van der Waals surface area contributed by atoms with E-state index in [-0.39, 0.29) is 6.04 Å². The molecule has 2 rings (SSSR count). The van der Waals surface area contributed by atoms with Gasteiger partial charge in [-0.1, -0.05) is 32.4 Å². The van der Waals surface area contributed by atoms with E-state index in [1.54, 1.807) is 0 Å². The van der Waals surface area contributed by atoms with E-state index < -0.39 is 0 Å². The topological polar surface area (TPSA) is 35.2 Å². The van der Waals surface area contributed by atoms with E-state index in [0.29, 0.717) is 5.92 Å². The molecule has 16 heavy (non-hydrogen) atoms. The van der Waals surface area contributed by atoms with Crippen LogP contribution in [0.1, 0.15) is 43.9 Å². The Labute approximate surface area is 97.8 Å². The lowest BCUT2D eigenvalue weighted by Gasteiger charge is -2.22. The second-order valence-corrected chi connectivity index (χ2v) is 4.73. The Morgan fingerprint density at radius 1 is 1.44 bits per heavy atom. The first-order valence-corrected chi connectivity index (χ1v) is 6.23. The molecule has 0 aliphatic carbocycles. The van der Waals surface area contributed by atoms with Gasteiger partial charge in [0.15, 0.2) is 0 Å². The number of fused-ring (bicyclic) bond motifs is 1. The fourth-order valence-corrected chi connectivity index (χ4v) is 2.17. The minimum atomic E-state index is 0.150. The Balaban J connectivity index is 2.22. The molecule has 0 saturated heterocycles. The van der Waals surface area contributed by atoms with Gasteiger partial charge in [-0.3, -0.25) is 0 Å². The van der Waals surface area contributed by atoms with Crippen molar-refractivity contribution in [2.24, 2.45) is 11.7 Å². The number of nitrogens with two attached hydrogens (primary N) is 1. The van der Waals surface area contributed by atoms with Gasteiger partial charge in [0.25, 0.3) is 0 Å². The largest absolute Gasteiger partial charge is 0.493 e. The summed E-state index contributed by atoms with van der Waals surface area (Å²) in [6.45, 7) is 5.25. The van der Waals surface area contributed by atoms with Crippen LogP contribution in [0.25, 0.3) is 0 Å². The van der Waals surface area contributed by atoms with Gasteiger partial charge in [-0.25, -0.2) is 0 Å². The lowest BCUT2D eigenvalue weighted by Crippen LogP contribution is -2.19. The minimum Gasteiger partial charge on any atom is -0.493 e. The number of benzene rings is 1. The Morgan fingerprint density at radius 2 is 2.25 bits per heavy atom. The highest BCUT2D eigenvalue weighted by molar-refractivity contribution is 5.39. The summed E-state index contributed by atoms with van der Waals surface area (Å²) in [7, 11) is 0. The fourth-order valence-electron chi connectivity index (χ4n) is 2.17. The van der Waals surface area contributed by atoms with Crippen LogP contribution in [0.5, 0.6) is 5.75 Å². The molecule has 2 N–H and O–H groups in total. The molecule has 1 aromatic carbocycles. The zero-order valence-corrected chi connectivity index (χ0v) is 10.2. The van der Waals surface area contributed by atoms with Crippen molar-refractivity contribution in [3.05, 3.63) is 29.3 Å². The van der Waals surface area contributed by atoms with Crippen molar-refractivity contribution in [2.75, 3.05) is 6.61 Å². The van der Waals surface area contributed by atoms with Crippen LogP contribution in [0.15, 0.2) is 18.2 Å². The van der Waals surface area contributed by atoms with Crippen LogP contribution in [0.2, 0.25) is 0 Å². The smallest absolute Gasteiger partial charge is 0.122 e. The molecule has 2 unspecified atom stereocenters. The summed E-state index contributed by atoms with van der Waals surface area (Å²) in [5, 5.41) is 0. The van der Waals surface area contributed by atoms with Crippen LogP contribution in [-0.2, 0) is 6.42 Å². The predicted molar refractivity (Wildman–Crippen MR) is 66.6 cm³/mol. The average molecular weight is 219 g/mol. The molecular formula is C14H21NO. The van der Waals surface area contributed by atoms with E-state index in [1.807, 2.05) is 0 Å². The molecule has 0 spiro atoms. The van der Waals surface area contributed by atoms with Gasteiger partial charge in [-0.2, -0.15) is 0 Å². The van der Waals surface area contributed by atoms with E-state index in [1.165, 1.54) is 11.1 Å². The van der Waals surface area contributed by atoms with E-state index in [2.05, 4.69) is 32.0 Å². The molecule has 1 aromatic rings. The molecule has 0 radical (unpaired) electrons. The molecule has 0 bridgehead atoms. The standard InChI is InChI=1S/C14H21NO/c1-3-10(2)14(15)12-6-7-13-11(9-12)5-4-8-16-13/h6-7,9-10,14H,3-5,8,15H2,1-2H3. The van der Waals surface area contributed by atoms with E-state index in [9.17, 15) is 0 Å². The Bertz CT molecular complexity index is 362. The molecule has 2 atom stereocenters. The number of rotatable bonds is 3. The maximum Gasteiger partial charge on any atom is 0.122 e. The summed E-state index contributed by atoms with van der Waals surface area (Å²) >= 11 is 0. The average Bonchev–Trinajstić information content (AvgIpc) is 2.36. The number of ether oxygens (including phenoxy) is 1. The molecule has 0 amide bonds. The van der Waals surface area contributed by atoms with Crippen LogP contribution in [0.3, 0.4) is 0 Å². The minimum absolute atomic E-state index is 0.150. The van der Waals surface area contributed by atoms with Gasteiger partial charge in [0.2, 0.25) is 0 Å².